The lowest BCUT2D eigenvalue weighted by molar-refractivity contribution is -0.0188. The number of hydrogen-bond acceptors (Lipinski definition) is 8. The molecule has 1 aliphatic heterocycles. The van der Waals surface area contributed by atoms with Gasteiger partial charge in [0.15, 0.2) is 23.4 Å². The highest BCUT2D eigenvalue weighted by Gasteiger charge is 2.37. The van der Waals surface area contributed by atoms with Crippen molar-refractivity contribution in [3.05, 3.63) is 70.8 Å². The summed E-state index contributed by atoms with van der Waals surface area (Å²) in [5.74, 6) is -2.73. The van der Waals surface area contributed by atoms with Crippen LogP contribution < -0.4 is 4.74 Å². The first-order chi connectivity index (χ1) is 15.3. The van der Waals surface area contributed by atoms with Crippen molar-refractivity contribution in [1.82, 2.24) is 0 Å². The quantitative estimate of drug-likeness (QED) is 0.307. The number of phenols is 5. The fraction of sp³-hybridized carbons (Fsp3) is 0.208. The molecule has 4 rings (SSSR count). The molecule has 0 amide bonds. The zero-order chi connectivity index (χ0) is 23.0. The number of phenolic OH excluding ortho intramolecular Hbond substituents is 5. The van der Waals surface area contributed by atoms with E-state index >= 15 is 0 Å². The minimum absolute atomic E-state index is 0.0489. The third-order valence-electron chi connectivity index (χ3n) is 5.44. The molecular formula is C24H22O8. The van der Waals surface area contributed by atoms with Crippen LogP contribution in [0.3, 0.4) is 0 Å². The van der Waals surface area contributed by atoms with Gasteiger partial charge in [-0.15, -0.1) is 0 Å². The van der Waals surface area contributed by atoms with Gasteiger partial charge in [0.2, 0.25) is 0 Å². The number of esters is 1. The number of rotatable bonds is 4. The Kier molecular flexibility index (Phi) is 5.44. The number of carbonyl (C=O) groups is 1. The number of carbonyl (C=O) groups excluding carboxylic acids is 1. The lowest BCUT2D eigenvalue weighted by Gasteiger charge is -2.34. The Balaban J connectivity index is 1.71. The van der Waals surface area contributed by atoms with Crippen molar-refractivity contribution in [3.63, 3.8) is 0 Å². The Morgan fingerprint density at radius 3 is 2.25 bits per heavy atom. The SMILES string of the molecule is CCc1ccc(C(=O)O[C@@H]2Cc3c(O)cc(O)cc3O[C@@H]2c2cc(O)c(O)c(O)c2)cc1. The van der Waals surface area contributed by atoms with E-state index in [9.17, 15) is 30.3 Å². The molecule has 5 N–H and O–H groups in total. The number of ether oxygens (including phenoxy) is 2. The van der Waals surface area contributed by atoms with E-state index in [0.717, 1.165) is 18.1 Å². The van der Waals surface area contributed by atoms with Crippen molar-refractivity contribution in [2.24, 2.45) is 0 Å². The first-order valence-electron chi connectivity index (χ1n) is 10.0. The number of benzene rings is 3. The number of aryl methyl sites for hydroxylation is 1. The fourth-order valence-electron chi connectivity index (χ4n) is 3.71. The summed E-state index contributed by atoms with van der Waals surface area (Å²) >= 11 is 0. The summed E-state index contributed by atoms with van der Waals surface area (Å²) in [5, 5.41) is 49.6. The summed E-state index contributed by atoms with van der Waals surface area (Å²) in [6.07, 6.45) is -1.07. The van der Waals surface area contributed by atoms with Gasteiger partial charge >= 0.3 is 5.97 Å². The fourth-order valence-corrected chi connectivity index (χ4v) is 3.71. The molecule has 32 heavy (non-hydrogen) atoms. The molecule has 2 atom stereocenters. The van der Waals surface area contributed by atoms with Gasteiger partial charge in [-0.25, -0.2) is 4.79 Å². The highest BCUT2D eigenvalue weighted by molar-refractivity contribution is 5.89. The van der Waals surface area contributed by atoms with Crippen LogP contribution in [-0.4, -0.2) is 37.6 Å². The van der Waals surface area contributed by atoms with Gasteiger partial charge in [0.05, 0.1) is 5.56 Å². The van der Waals surface area contributed by atoms with Crippen molar-refractivity contribution in [1.29, 1.82) is 0 Å². The normalized spacial score (nSPS) is 17.3. The van der Waals surface area contributed by atoms with Gasteiger partial charge in [-0.3, -0.25) is 0 Å². The van der Waals surface area contributed by atoms with Crippen molar-refractivity contribution < 1.29 is 39.8 Å². The van der Waals surface area contributed by atoms with Gasteiger partial charge in [-0.2, -0.15) is 0 Å². The zero-order valence-corrected chi connectivity index (χ0v) is 17.1. The average molecular weight is 438 g/mol. The summed E-state index contributed by atoms with van der Waals surface area (Å²) in [7, 11) is 0. The van der Waals surface area contributed by atoms with Gasteiger partial charge in [-0.05, 0) is 36.2 Å². The maximum atomic E-state index is 12.8. The molecule has 8 nitrogen and oxygen atoms in total. The molecular weight excluding hydrogens is 416 g/mol. The second kappa shape index (κ2) is 8.22. The van der Waals surface area contributed by atoms with Gasteiger partial charge in [0.1, 0.15) is 23.4 Å². The standard InChI is InChI=1S/C24H22O8/c1-2-12-3-5-13(6-4-12)24(30)32-21-11-16-17(26)9-15(25)10-20(16)31-23(21)14-7-18(27)22(29)19(28)8-14/h3-10,21,23,25-29H,2,11H2,1H3/t21-,23-/m1/s1. The summed E-state index contributed by atoms with van der Waals surface area (Å²) in [5.41, 5.74) is 1.96. The maximum absolute atomic E-state index is 12.8. The van der Waals surface area contributed by atoms with Crippen LogP contribution in [0.25, 0.3) is 0 Å². The topological polar surface area (TPSA) is 137 Å². The summed E-state index contributed by atoms with van der Waals surface area (Å²) < 4.78 is 11.6. The Bertz CT molecular complexity index is 1150. The Hall–Kier alpha value is -4.07. The van der Waals surface area contributed by atoms with Crippen LogP contribution in [0, 0.1) is 0 Å². The van der Waals surface area contributed by atoms with Crippen LogP contribution in [0.15, 0.2) is 48.5 Å². The summed E-state index contributed by atoms with van der Waals surface area (Å²) in [6.45, 7) is 2.00. The minimum atomic E-state index is -1.00. The van der Waals surface area contributed by atoms with Crippen molar-refractivity contribution >= 4 is 5.97 Å². The molecule has 0 radical (unpaired) electrons. The molecule has 0 aliphatic carbocycles. The third kappa shape index (κ3) is 3.94. The molecule has 0 unspecified atom stereocenters. The lowest BCUT2D eigenvalue weighted by atomic mass is 9.93. The van der Waals surface area contributed by atoms with Gasteiger partial charge < -0.3 is 35.0 Å². The predicted molar refractivity (Wildman–Crippen MR) is 113 cm³/mol. The van der Waals surface area contributed by atoms with Crippen LogP contribution in [0.1, 0.15) is 40.1 Å². The van der Waals surface area contributed by atoms with Gasteiger partial charge in [-0.1, -0.05) is 19.1 Å². The Morgan fingerprint density at radius 1 is 0.969 bits per heavy atom. The van der Waals surface area contributed by atoms with E-state index in [0.29, 0.717) is 11.1 Å². The van der Waals surface area contributed by atoms with E-state index < -0.39 is 35.4 Å². The first-order valence-corrected chi connectivity index (χ1v) is 10.0. The van der Waals surface area contributed by atoms with Crippen molar-refractivity contribution in [2.75, 3.05) is 0 Å². The van der Waals surface area contributed by atoms with E-state index in [2.05, 4.69) is 0 Å². The molecule has 166 valence electrons. The largest absolute Gasteiger partial charge is 0.508 e. The average Bonchev–Trinajstić information content (AvgIpc) is 2.77. The van der Waals surface area contributed by atoms with Crippen LogP contribution in [0.2, 0.25) is 0 Å². The molecule has 0 aromatic heterocycles. The highest BCUT2D eigenvalue weighted by atomic mass is 16.6. The van der Waals surface area contributed by atoms with E-state index in [4.69, 9.17) is 9.47 Å². The van der Waals surface area contributed by atoms with Crippen LogP contribution >= 0.6 is 0 Å². The van der Waals surface area contributed by atoms with E-state index in [-0.39, 0.29) is 29.2 Å². The predicted octanol–water partition coefficient (Wildman–Crippen LogP) is 3.68. The van der Waals surface area contributed by atoms with E-state index in [1.165, 1.54) is 18.2 Å². The first kappa shape index (κ1) is 21.2. The van der Waals surface area contributed by atoms with E-state index in [1.807, 2.05) is 19.1 Å². The molecule has 8 heteroatoms. The van der Waals surface area contributed by atoms with Gasteiger partial charge in [0, 0.05) is 29.7 Å². The smallest absolute Gasteiger partial charge is 0.338 e. The molecule has 0 spiro atoms. The highest BCUT2D eigenvalue weighted by Crippen LogP contribution is 2.45. The second-order valence-electron chi connectivity index (χ2n) is 7.59. The molecule has 0 saturated heterocycles. The molecule has 0 fully saturated rings. The lowest BCUT2D eigenvalue weighted by Crippen LogP contribution is -2.34. The molecule has 1 heterocycles. The maximum Gasteiger partial charge on any atom is 0.338 e. The molecule has 0 bridgehead atoms. The van der Waals surface area contributed by atoms with Crippen LogP contribution in [0.4, 0.5) is 0 Å². The molecule has 3 aromatic carbocycles. The Labute approximate surface area is 183 Å². The molecule has 3 aromatic rings. The van der Waals surface area contributed by atoms with Crippen LogP contribution in [-0.2, 0) is 17.6 Å². The van der Waals surface area contributed by atoms with E-state index in [1.54, 1.807) is 12.1 Å². The third-order valence-corrected chi connectivity index (χ3v) is 5.44. The van der Waals surface area contributed by atoms with Gasteiger partial charge in [0.25, 0.3) is 0 Å². The summed E-state index contributed by atoms with van der Waals surface area (Å²) in [4.78, 5) is 12.8. The van der Waals surface area contributed by atoms with Crippen molar-refractivity contribution in [3.8, 4) is 34.5 Å². The van der Waals surface area contributed by atoms with Crippen molar-refractivity contribution in [2.45, 2.75) is 32.0 Å². The number of hydrogen-bond donors (Lipinski definition) is 5. The molecule has 1 aliphatic rings. The number of fused-ring (bicyclic) bond motifs is 1. The summed E-state index contributed by atoms with van der Waals surface area (Å²) in [6, 6.07) is 11.8. The Morgan fingerprint density at radius 2 is 1.62 bits per heavy atom. The monoisotopic (exact) mass is 438 g/mol. The second-order valence-corrected chi connectivity index (χ2v) is 7.59. The minimum Gasteiger partial charge on any atom is -0.508 e. The number of aromatic hydroxyl groups is 5. The zero-order valence-electron chi connectivity index (χ0n) is 17.1. The van der Waals surface area contributed by atoms with Crippen LogP contribution in [0.5, 0.6) is 34.5 Å². The molecule has 0 saturated carbocycles.